The molecule has 0 atom stereocenters. The molecule has 1 aliphatic carbocycles. The van der Waals surface area contributed by atoms with E-state index in [0.717, 1.165) is 18.4 Å². The minimum absolute atomic E-state index is 0.0256. The van der Waals surface area contributed by atoms with Crippen molar-refractivity contribution in [2.75, 3.05) is 11.9 Å². The van der Waals surface area contributed by atoms with Crippen LogP contribution in [-0.2, 0) is 7.05 Å². The van der Waals surface area contributed by atoms with E-state index in [1.807, 2.05) is 11.6 Å². The molecule has 0 radical (unpaired) electrons. The maximum absolute atomic E-state index is 12.4. The van der Waals surface area contributed by atoms with Crippen molar-refractivity contribution in [3.05, 3.63) is 42.0 Å². The first-order valence-electron chi connectivity index (χ1n) is 10.8. The molecule has 0 saturated heterocycles. The minimum Gasteiger partial charge on any atom is -0.389 e. The zero-order valence-electron chi connectivity index (χ0n) is 18.8. The fraction of sp³-hybridized carbons (Fsp3) is 0.364. The number of nitrogens with two attached hydrogens (primary N) is 1. The summed E-state index contributed by atoms with van der Waals surface area (Å²) in [6, 6.07) is 0. The van der Waals surface area contributed by atoms with Crippen molar-refractivity contribution in [1.29, 1.82) is 5.41 Å². The highest BCUT2D eigenvalue weighted by Crippen LogP contribution is 2.44. The Labute approximate surface area is 194 Å². The number of primary amides is 1. The van der Waals surface area contributed by atoms with Crippen LogP contribution >= 0.6 is 0 Å². The number of anilines is 1. The number of carbonyl (C=O) groups excluding carboxylic acids is 1. The lowest BCUT2D eigenvalue weighted by molar-refractivity contribution is 0.0996. The Balaban J connectivity index is 1.77. The van der Waals surface area contributed by atoms with Crippen LogP contribution in [0.25, 0.3) is 22.3 Å². The summed E-state index contributed by atoms with van der Waals surface area (Å²) >= 11 is 0. The number of nitrogens with zero attached hydrogens (tertiary/aromatic N) is 5. The van der Waals surface area contributed by atoms with E-state index in [2.05, 4.69) is 25.6 Å². The number of aryl methyl sites for hydroxylation is 1. The summed E-state index contributed by atoms with van der Waals surface area (Å²) in [4.78, 5) is 30.4. The molecule has 1 aliphatic rings. The molecule has 0 aliphatic heterocycles. The van der Waals surface area contributed by atoms with Gasteiger partial charge in [0.2, 0.25) is 6.43 Å². The van der Waals surface area contributed by atoms with Crippen LogP contribution in [0.1, 0.15) is 48.3 Å². The van der Waals surface area contributed by atoms with Crippen molar-refractivity contribution in [3.63, 3.8) is 0 Å². The van der Waals surface area contributed by atoms with Crippen LogP contribution in [0.3, 0.4) is 0 Å². The van der Waals surface area contributed by atoms with E-state index in [1.54, 1.807) is 18.7 Å². The summed E-state index contributed by atoms with van der Waals surface area (Å²) in [6.45, 7) is 1.55. The molecule has 12 heteroatoms. The van der Waals surface area contributed by atoms with Crippen LogP contribution in [0.5, 0.6) is 0 Å². The third-order valence-corrected chi connectivity index (χ3v) is 5.42. The average molecular weight is 470 g/mol. The summed E-state index contributed by atoms with van der Waals surface area (Å²) < 4.78 is 26.7. The highest BCUT2D eigenvalue weighted by Gasteiger charge is 2.32. The van der Waals surface area contributed by atoms with E-state index in [1.165, 1.54) is 13.1 Å². The topological polar surface area (TPSA) is 147 Å². The van der Waals surface area contributed by atoms with Crippen molar-refractivity contribution in [2.24, 2.45) is 12.8 Å². The summed E-state index contributed by atoms with van der Waals surface area (Å²) in [6.07, 6.45) is 5.50. The molecule has 4 rings (SSSR count). The van der Waals surface area contributed by atoms with E-state index >= 15 is 0 Å². The van der Waals surface area contributed by atoms with E-state index in [4.69, 9.17) is 16.1 Å². The van der Waals surface area contributed by atoms with E-state index in [-0.39, 0.29) is 41.8 Å². The maximum atomic E-state index is 12.4. The first kappa shape index (κ1) is 23.2. The Kier molecular flexibility index (Phi) is 6.48. The first-order chi connectivity index (χ1) is 16.3. The molecule has 0 aromatic carbocycles. The molecule has 0 spiro atoms. The molecule has 3 aromatic rings. The average Bonchev–Trinajstić information content (AvgIpc) is 3.57. The van der Waals surface area contributed by atoms with Gasteiger partial charge in [-0.15, -0.1) is 0 Å². The van der Waals surface area contributed by atoms with Gasteiger partial charge in [-0.1, -0.05) is 0 Å². The van der Waals surface area contributed by atoms with E-state index in [9.17, 15) is 13.6 Å². The molecule has 5 N–H and O–H groups in total. The number of nitrogens with one attached hydrogen (secondary N) is 3. The molecule has 34 heavy (non-hydrogen) atoms. The van der Waals surface area contributed by atoms with Gasteiger partial charge in [0.25, 0.3) is 5.91 Å². The number of hydrogen-bond acceptors (Lipinski definition) is 8. The van der Waals surface area contributed by atoms with Crippen molar-refractivity contribution in [2.45, 2.75) is 38.5 Å². The zero-order chi connectivity index (χ0) is 24.4. The lowest BCUT2D eigenvalue weighted by Gasteiger charge is -2.16. The molecule has 178 valence electrons. The van der Waals surface area contributed by atoms with Crippen LogP contribution in [0.15, 0.2) is 30.6 Å². The van der Waals surface area contributed by atoms with Gasteiger partial charge in [0.15, 0.2) is 11.5 Å². The van der Waals surface area contributed by atoms with Gasteiger partial charge in [-0.05, 0) is 19.8 Å². The molecular weight excluding hydrogens is 444 g/mol. The summed E-state index contributed by atoms with van der Waals surface area (Å²) in [7, 11) is 1.86. The lowest BCUT2D eigenvalue weighted by atomic mass is 10.1. The highest BCUT2D eigenvalue weighted by molar-refractivity contribution is 6.02. The lowest BCUT2D eigenvalue weighted by Crippen LogP contribution is -2.22. The van der Waals surface area contributed by atoms with Crippen LogP contribution in [-0.4, -0.2) is 49.1 Å². The normalized spacial score (nSPS) is 14.0. The largest absolute Gasteiger partial charge is 0.389 e. The molecule has 1 fully saturated rings. The minimum atomic E-state index is -2.43. The van der Waals surface area contributed by atoms with Crippen molar-refractivity contribution < 1.29 is 13.6 Å². The number of halogens is 2. The summed E-state index contributed by atoms with van der Waals surface area (Å²) in [5.74, 6) is -0.540. The smallest absolute Gasteiger partial charge is 0.271 e. The highest BCUT2D eigenvalue weighted by atomic mass is 19.3. The van der Waals surface area contributed by atoms with Crippen LogP contribution in [0.4, 0.5) is 14.6 Å². The molecule has 3 aromatic heterocycles. The third-order valence-electron chi connectivity index (χ3n) is 5.42. The number of imidazole rings is 1. The third kappa shape index (κ3) is 4.85. The zero-order valence-corrected chi connectivity index (χ0v) is 18.8. The number of pyridine rings is 1. The van der Waals surface area contributed by atoms with Crippen LogP contribution in [0, 0.1) is 5.41 Å². The second-order valence-corrected chi connectivity index (χ2v) is 8.15. The van der Waals surface area contributed by atoms with E-state index in [0.29, 0.717) is 22.5 Å². The molecule has 10 nitrogen and oxygen atoms in total. The number of alkyl halides is 2. The van der Waals surface area contributed by atoms with Gasteiger partial charge in [-0.25, -0.2) is 23.7 Å². The van der Waals surface area contributed by atoms with Gasteiger partial charge in [-0.2, -0.15) is 0 Å². The monoisotopic (exact) mass is 469 g/mol. The number of allylic oxidation sites excluding steroid dienone is 1. The second kappa shape index (κ2) is 9.49. The number of hydrogen-bond donors (Lipinski definition) is 4. The number of amides is 1. The van der Waals surface area contributed by atoms with Gasteiger partial charge < -0.3 is 26.3 Å². The van der Waals surface area contributed by atoms with Crippen molar-refractivity contribution >= 4 is 28.5 Å². The van der Waals surface area contributed by atoms with Gasteiger partial charge in [0, 0.05) is 43.9 Å². The standard InChI is InChI=1S/C22H25F2N9O/c1-11(25)14(8-27-6-5-16(23)24)30-22-20(21(26)34)31-19(17(32-22)12-3-4-12)13-7-28-9-15-18(13)29-10-33(15)2/h7-10,12,16,25,27H,3-6H2,1-2H3,(H2,26,34)(H,30,32)/b14-8+,25-11?. The first-order valence-corrected chi connectivity index (χ1v) is 10.8. The van der Waals surface area contributed by atoms with Gasteiger partial charge in [0.05, 0.1) is 40.8 Å². The van der Waals surface area contributed by atoms with Gasteiger partial charge >= 0.3 is 0 Å². The quantitative estimate of drug-likeness (QED) is 0.264. The second-order valence-electron chi connectivity index (χ2n) is 8.15. The Morgan fingerprint density at radius 3 is 2.76 bits per heavy atom. The summed E-state index contributed by atoms with van der Waals surface area (Å²) in [5.41, 5.74) is 9.22. The van der Waals surface area contributed by atoms with Gasteiger partial charge in [0.1, 0.15) is 5.52 Å². The molecule has 1 saturated carbocycles. The van der Waals surface area contributed by atoms with Crippen LogP contribution < -0.4 is 16.4 Å². The Morgan fingerprint density at radius 2 is 2.12 bits per heavy atom. The van der Waals surface area contributed by atoms with Crippen molar-refractivity contribution in [1.82, 2.24) is 29.8 Å². The van der Waals surface area contributed by atoms with Crippen molar-refractivity contribution in [3.8, 4) is 11.3 Å². The number of rotatable bonds is 10. The summed E-state index contributed by atoms with van der Waals surface area (Å²) in [5, 5.41) is 13.7. The Bertz CT molecular complexity index is 1280. The molecular formula is C22H25F2N9O. The predicted octanol–water partition coefficient (Wildman–Crippen LogP) is 2.94. The molecule has 3 heterocycles. The fourth-order valence-electron chi connectivity index (χ4n) is 3.50. The SMILES string of the molecule is CC(=N)/C(=C\NCCC(F)F)Nc1nc(C2CC2)c(-c2cncc3c2ncn3C)nc1C(N)=O. The maximum Gasteiger partial charge on any atom is 0.271 e. The Morgan fingerprint density at radius 1 is 1.35 bits per heavy atom. The molecule has 1 amide bonds. The van der Waals surface area contributed by atoms with Crippen LogP contribution in [0.2, 0.25) is 0 Å². The molecule has 0 bridgehead atoms. The predicted molar refractivity (Wildman–Crippen MR) is 124 cm³/mol. The fourth-order valence-corrected chi connectivity index (χ4v) is 3.50. The van der Waals surface area contributed by atoms with E-state index < -0.39 is 12.3 Å². The van der Waals surface area contributed by atoms with Gasteiger partial charge in [-0.3, -0.25) is 9.78 Å². The Hall–Kier alpha value is -3.96. The molecule has 0 unspecified atom stereocenters. The number of carbonyl (C=O) groups is 1. The number of fused-ring (bicyclic) bond motifs is 1. The number of aromatic nitrogens is 5.